The van der Waals surface area contributed by atoms with Crippen LogP contribution in [0, 0.1) is 0 Å². The molecule has 2 aromatic rings. The van der Waals surface area contributed by atoms with Crippen molar-refractivity contribution in [2.45, 2.75) is 19.5 Å². The smallest absolute Gasteiger partial charge is 0.321 e. The summed E-state index contributed by atoms with van der Waals surface area (Å²) in [6.45, 7) is 2.32. The van der Waals surface area contributed by atoms with Crippen LogP contribution in [0.25, 0.3) is 0 Å². The summed E-state index contributed by atoms with van der Waals surface area (Å²) >= 11 is 1.54. The number of amides is 2. The molecule has 0 unspecified atom stereocenters. The van der Waals surface area contributed by atoms with Gasteiger partial charge in [0, 0.05) is 30.9 Å². The SMILES string of the molecule is O=C(NCc1ccccc1)Nc1nc2c(s1)CNCC2. The van der Waals surface area contributed by atoms with Gasteiger partial charge in [0.15, 0.2) is 5.13 Å². The molecule has 20 heavy (non-hydrogen) atoms. The standard InChI is InChI=1S/C14H16N4OS/c19-13(16-8-10-4-2-1-3-5-10)18-14-17-11-6-7-15-9-12(11)20-14/h1-5,15H,6-9H2,(H2,16,17,18,19). The molecule has 0 atom stereocenters. The maximum Gasteiger partial charge on any atom is 0.321 e. The second kappa shape index (κ2) is 6.02. The number of urea groups is 1. The number of hydrogen-bond acceptors (Lipinski definition) is 4. The first-order valence-electron chi connectivity index (χ1n) is 6.59. The number of nitrogens with zero attached hydrogens (tertiary/aromatic N) is 1. The first-order valence-corrected chi connectivity index (χ1v) is 7.41. The van der Waals surface area contributed by atoms with Gasteiger partial charge in [0.2, 0.25) is 0 Å². The predicted octanol–water partition coefficient (Wildman–Crippen LogP) is 2.11. The Hall–Kier alpha value is -1.92. The van der Waals surface area contributed by atoms with Crippen molar-refractivity contribution in [1.82, 2.24) is 15.6 Å². The van der Waals surface area contributed by atoms with Crippen molar-refractivity contribution in [1.29, 1.82) is 0 Å². The van der Waals surface area contributed by atoms with Crippen LogP contribution in [0.1, 0.15) is 16.1 Å². The maximum absolute atomic E-state index is 11.8. The molecule has 3 rings (SSSR count). The molecule has 0 saturated carbocycles. The number of carbonyl (C=O) groups excluding carboxylic acids is 1. The third-order valence-electron chi connectivity index (χ3n) is 3.12. The van der Waals surface area contributed by atoms with E-state index in [2.05, 4.69) is 20.9 Å². The average molecular weight is 288 g/mol. The fraction of sp³-hybridized carbons (Fsp3) is 0.286. The fourth-order valence-corrected chi connectivity index (χ4v) is 3.07. The number of fused-ring (bicyclic) bond motifs is 1. The molecule has 0 aliphatic carbocycles. The Morgan fingerprint density at radius 1 is 1.35 bits per heavy atom. The number of carbonyl (C=O) groups is 1. The summed E-state index contributed by atoms with van der Waals surface area (Å²) in [5.74, 6) is 0. The lowest BCUT2D eigenvalue weighted by molar-refractivity contribution is 0.251. The molecule has 1 aliphatic heterocycles. The number of anilines is 1. The summed E-state index contributed by atoms with van der Waals surface area (Å²) in [6, 6.07) is 9.61. The van der Waals surface area contributed by atoms with E-state index in [1.54, 1.807) is 0 Å². The highest BCUT2D eigenvalue weighted by atomic mass is 32.1. The number of aromatic nitrogens is 1. The van der Waals surface area contributed by atoms with E-state index in [-0.39, 0.29) is 6.03 Å². The number of thiazole rings is 1. The fourth-order valence-electron chi connectivity index (χ4n) is 2.10. The Labute approximate surface area is 121 Å². The molecule has 1 aromatic carbocycles. The van der Waals surface area contributed by atoms with Crippen molar-refractivity contribution in [2.24, 2.45) is 0 Å². The van der Waals surface area contributed by atoms with Crippen LogP contribution >= 0.6 is 11.3 Å². The van der Waals surface area contributed by atoms with E-state index in [1.165, 1.54) is 16.2 Å². The highest BCUT2D eigenvalue weighted by Crippen LogP contribution is 2.25. The van der Waals surface area contributed by atoms with E-state index in [9.17, 15) is 4.79 Å². The highest BCUT2D eigenvalue weighted by molar-refractivity contribution is 7.15. The monoisotopic (exact) mass is 288 g/mol. The zero-order valence-corrected chi connectivity index (χ0v) is 11.8. The molecule has 104 valence electrons. The molecule has 0 spiro atoms. The van der Waals surface area contributed by atoms with Gasteiger partial charge in [0.05, 0.1) is 5.69 Å². The molecule has 0 radical (unpaired) electrons. The third kappa shape index (κ3) is 3.15. The van der Waals surface area contributed by atoms with Crippen molar-refractivity contribution in [3.05, 3.63) is 46.5 Å². The van der Waals surface area contributed by atoms with Crippen LogP contribution in [0.3, 0.4) is 0 Å². The molecule has 6 heteroatoms. The van der Waals surface area contributed by atoms with Crippen LogP contribution in [0.15, 0.2) is 30.3 Å². The van der Waals surface area contributed by atoms with Crippen LogP contribution in [0.5, 0.6) is 0 Å². The molecule has 2 amide bonds. The van der Waals surface area contributed by atoms with Crippen molar-refractivity contribution in [2.75, 3.05) is 11.9 Å². The summed E-state index contributed by atoms with van der Waals surface area (Å²) in [5, 5.41) is 9.59. The van der Waals surface area contributed by atoms with Crippen LogP contribution < -0.4 is 16.0 Å². The van der Waals surface area contributed by atoms with Crippen molar-refractivity contribution >= 4 is 22.5 Å². The molecule has 0 bridgehead atoms. The van der Waals surface area contributed by atoms with Gasteiger partial charge in [-0.1, -0.05) is 30.3 Å². The van der Waals surface area contributed by atoms with E-state index in [0.29, 0.717) is 11.7 Å². The minimum atomic E-state index is -0.215. The van der Waals surface area contributed by atoms with Gasteiger partial charge in [-0.3, -0.25) is 5.32 Å². The Balaban J connectivity index is 1.55. The van der Waals surface area contributed by atoms with E-state index >= 15 is 0 Å². The molecule has 1 aliphatic rings. The first kappa shape index (κ1) is 13.1. The Kier molecular flexibility index (Phi) is 3.94. The van der Waals surface area contributed by atoms with Gasteiger partial charge in [0.25, 0.3) is 0 Å². The molecular formula is C14H16N4OS. The number of hydrogen-bond donors (Lipinski definition) is 3. The van der Waals surface area contributed by atoms with E-state index in [0.717, 1.165) is 30.8 Å². The molecule has 3 N–H and O–H groups in total. The Bertz CT molecular complexity index is 573. The van der Waals surface area contributed by atoms with E-state index < -0.39 is 0 Å². The Morgan fingerprint density at radius 3 is 3.00 bits per heavy atom. The first-order chi connectivity index (χ1) is 9.81. The van der Waals surface area contributed by atoms with Gasteiger partial charge in [-0.15, -0.1) is 11.3 Å². The molecule has 0 saturated heterocycles. The highest BCUT2D eigenvalue weighted by Gasteiger charge is 2.15. The average Bonchev–Trinajstić information content (AvgIpc) is 2.88. The minimum absolute atomic E-state index is 0.215. The molecule has 2 heterocycles. The van der Waals surface area contributed by atoms with Crippen LogP contribution in [0.2, 0.25) is 0 Å². The van der Waals surface area contributed by atoms with Crippen LogP contribution in [-0.4, -0.2) is 17.6 Å². The lowest BCUT2D eigenvalue weighted by atomic mass is 10.2. The summed E-state index contributed by atoms with van der Waals surface area (Å²) in [5.41, 5.74) is 2.18. The molecule has 1 aromatic heterocycles. The summed E-state index contributed by atoms with van der Waals surface area (Å²) in [7, 11) is 0. The van der Waals surface area contributed by atoms with Gasteiger partial charge in [-0.25, -0.2) is 9.78 Å². The van der Waals surface area contributed by atoms with Gasteiger partial charge in [-0.2, -0.15) is 0 Å². The summed E-state index contributed by atoms with van der Waals surface area (Å²) in [4.78, 5) is 17.5. The third-order valence-corrected chi connectivity index (χ3v) is 4.13. The van der Waals surface area contributed by atoms with Crippen LogP contribution in [-0.2, 0) is 19.5 Å². The van der Waals surface area contributed by atoms with Gasteiger partial charge in [0.1, 0.15) is 0 Å². The lowest BCUT2D eigenvalue weighted by Gasteiger charge is -2.09. The maximum atomic E-state index is 11.8. The number of nitrogens with one attached hydrogen (secondary N) is 3. The van der Waals surface area contributed by atoms with E-state index in [1.807, 2.05) is 30.3 Å². The van der Waals surface area contributed by atoms with Crippen molar-refractivity contribution in [3.8, 4) is 0 Å². The quantitative estimate of drug-likeness (QED) is 0.810. The summed E-state index contributed by atoms with van der Waals surface area (Å²) < 4.78 is 0. The molecular weight excluding hydrogens is 272 g/mol. The van der Waals surface area contributed by atoms with E-state index in [4.69, 9.17) is 0 Å². The van der Waals surface area contributed by atoms with Gasteiger partial charge < -0.3 is 10.6 Å². The topological polar surface area (TPSA) is 66.0 Å². The predicted molar refractivity (Wildman–Crippen MR) is 79.8 cm³/mol. The lowest BCUT2D eigenvalue weighted by Crippen LogP contribution is -2.28. The minimum Gasteiger partial charge on any atom is -0.334 e. The van der Waals surface area contributed by atoms with Gasteiger partial charge in [-0.05, 0) is 5.56 Å². The zero-order chi connectivity index (χ0) is 13.8. The largest absolute Gasteiger partial charge is 0.334 e. The van der Waals surface area contributed by atoms with Crippen molar-refractivity contribution in [3.63, 3.8) is 0 Å². The Morgan fingerprint density at radius 2 is 2.20 bits per heavy atom. The zero-order valence-electron chi connectivity index (χ0n) is 11.0. The van der Waals surface area contributed by atoms with Crippen LogP contribution in [0.4, 0.5) is 9.93 Å². The van der Waals surface area contributed by atoms with Crippen molar-refractivity contribution < 1.29 is 4.79 Å². The number of benzene rings is 1. The normalized spacial score (nSPS) is 13.6. The van der Waals surface area contributed by atoms with Gasteiger partial charge >= 0.3 is 6.03 Å². The second-order valence-electron chi connectivity index (χ2n) is 4.61. The molecule has 5 nitrogen and oxygen atoms in total. The second-order valence-corrected chi connectivity index (χ2v) is 5.69. The summed E-state index contributed by atoms with van der Waals surface area (Å²) in [6.07, 6.45) is 0.930. The number of rotatable bonds is 3. The molecule has 0 fully saturated rings.